The molecule has 26 heavy (non-hydrogen) atoms. The van der Waals surface area contributed by atoms with Gasteiger partial charge in [-0.05, 0) is 0 Å². The highest BCUT2D eigenvalue weighted by molar-refractivity contribution is 7.74. The molecule has 2 rings (SSSR count). The number of nitrogens with zero attached hydrogens (tertiary/aromatic N) is 1. The molecular formula is C9H16NO13P3. The van der Waals surface area contributed by atoms with Crippen molar-refractivity contribution in [1.29, 1.82) is 0 Å². The van der Waals surface area contributed by atoms with Crippen molar-refractivity contribution in [2.24, 2.45) is 0 Å². The number of rotatable bonds is 5. The minimum absolute atomic E-state index is 0.566. The Morgan fingerprint density at radius 1 is 1.15 bits per heavy atom. The topological polar surface area (TPSA) is 199 Å². The summed E-state index contributed by atoms with van der Waals surface area (Å²) in [5.74, 6) is -0.566. The molecule has 2 fully saturated rings. The minimum atomic E-state index is -5.21. The monoisotopic (exact) mass is 439 g/mol. The standard InChI is InChI=1S/C9H16NO13P3/c1-3-10(5(2)11)9-8(13)7(12)6(20-9)4-19-26(18)22-24(14,15)21-25(16,17)23-26/h3,6-9,12-13H,1,4H2,2H3,(H,14,15)(H,16,17)/t6-,7?,8+,9-/m1/s1. The summed E-state index contributed by atoms with van der Waals surface area (Å²) in [7, 11) is -15.5. The lowest BCUT2D eigenvalue weighted by atomic mass is 10.1. The van der Waals surface area contributed by atoms with E-state index in [-0.39, 0.29) is 0 Å². The number of hydrogen-bond acceptors (Lipinski definition) is 11. The predicted octanol–water partition coefficient (Wildman–Crippen LogP) is -0.186. The van der Waals surface area contributed by atoms with Crippen molar-refractivity contribution >= 4 is 29.4 Å². The van der Waals surface area contributed by atoms with Gasteiger partial charge < -0.3 is 24.7 Å². The molecule has 2 aliphatic rings. The zero-order valence-corrected chi connectivity index (χ0v) is 15.7. The number of aliphatic hydroxyl groups excluding tert-OH is 2. The van der Waals surface area contributed by atoms with Crippen molar-refractivity contribution in [2.45, 2.75) is 31.5 Å². The van der Waals surface area contributed by atoms with E-state index in [9.17, 15) is 28.7 Å². The van der Waals surface area contributed by atoms with Gasteiger partial charge in [0, 0.05) is 13.1 Å². The molecular weight excluding hydrogens is 423 g/mol. The van der Waals surface area contributed by atoms with Crippen LogP contribution >= 0.6 is 23.5 Å². The summed E-state index contributed by atoms with van der Waals surface area (Å²) in [5.41, 5.74) is 0. The van der Waals surface area contributed by atoms with Crippen molar-refractivity contribution in [3.8, 4) is 0 Å². The lowest BCUT2D eigenvalue weighted by molar-refractivity contribution is -0.143. The lowest BCUT2D eigenvalue weighted by Gasteiger charge is -2.28. The first-order valence-corrected chi connectivity index (χ1v) is 11.2. The highest BCUT2D eigenvalue weighted by atomic mass is 31.3. The SMILES string of the molecule is C=CN(C(C)=O)[C@@H]1O[C@H](COP2(=O)OP(=O)(O)OP(=O)(O)O2)C(O)[C@@H]1O. The molecule has 6 atom stereocenters. The van der Waals surface area contributed by atoms with Crippen LogP contribution in [0.3, 0.4) is 0 Å². The van der Waals surface area contributed by atoms with Crippen LogP contribution in [0.4, 0.5) is 0 Å². The lowest BCUT2D eigenvalue weighted by Crippen LogP contribution is -2.43. The van der Waals surface area contributed by atoms with Crippen LogP contribution < -0.4 is 0 Å². The van der Waals surface area contributed by atoms with Crippen LogP contribution in [-0.4, -0.2) is 62.0 Å². The van der Waals surface area contributed by atoms with Crippen LogP contribution in [0.25, 0.3) is 0 Å². The highest BCUT2D eigenvalue weighted by Gasteiger charge is 2.55. The number of carbonyl (C=O) groups excluding carboxylic acids is 1. The van der Waals surface area contributed by atoms with Gasteiger partial charge in [-0.15, -0.1) is 0 Å². The van der Waals surface area contributed by atoms with Crippen molar-refractivity contribution in [3.05, 3.63) is 12.8 Å². The van der Waals surface area contributed by atoms with Gasteiger partial charge in [0.15, 0.2) is 6.23 Å². The number of amides is 1. The van der Waals surface area contributed by atoms with Crippen LogP contribution in [0, 0.1) is 0 Å². The molecule has 0 aromatic carbocycles. The van der Waals surface area contributed by atoms with E-state index < -0.39 is 60.5 Å². The molecule has 0 aromatic rings. The van der Waals surface area contributed by atoms with Crippen molar-refractivity contribution in [2.75, 3.05) is 6.61 Å². The first kappa shape index (κ1) is 21.8. The number of aliphatic hydroxyl groups is 2. The van der Waals surface area contributed by atoms with E-state index in [1.807, 2.05) is 0 Å². The molecule has 0 radical (unpaired) electrons. The second-order valence-electron chi connectivity index (χ2n) is 5.08. The fourth-order valence-electron chi connectivity index (χ4n) is 2.15. The molecule has 0 aromatic heterocycles. The normalized spacial score (nSPS) is 46.0. The highest BCUT2D eigenvalue weighted by Crippen LogP contribution is 2.79. The maximum atomic E-state index is 12.1. The summed E-state index contributed by atoms with van der Waals surface area (Å²) >= 11 is 0. The van der Waals surface area contributed by atoms with Gasteiger partial charge in [0.1, 0.15) is 18.3 Å². The van der Waals surface area contributed by atoms with Gasteiger partial charge in [-0.1, -0.05) is 6.58 Å². The van der Waals surface area contributed by atoms with E-state index in [0.717, 1.165) is 18.0 Å². The largest absolute Gasteiger partial charge is 0.492 e. The number of carbonyl (C=O) groups is 1. The first-order valence-electron chi connectivity index (χ1n) is 6.76. The van der Waals surface area contributed by atoms with E-state index in [2.05, 4.69) is 24.0 Å². The third kappa shape index (κ3) is 4.87. The number of hydrogen-bond donors (Lipinski definition) is 4. The van der Waals surface area contributed by atoms with Gasteiger partial charge in [0.05, 0.1) is 6.61 Å². The van der Waals surface area contributed by atoms with Gasteiger partial charge >= 0.3 is 23.5 Å². The Balaban J connectivity index is 2.08. The Morgan fingerprint density at radius 3 is 2.15 bits per heavy atom. The summed E-state index contributed by atoms with van der Waals surface area (Å²) in [6, 6.07) is 0. The second-order valence-corrected chi connectivity index (χ2v) is 10.1. The maximum absolute atomic E-state index is 12.1. The minimum Gasteiger partial charge on any atom is -0.387 e. The molecule has 0 spiro atoms. The number of phosphoric acid groups is 3. The fraction of sp³-hybridized carbons (Fsp3) is 0.667. The van der Waals surface area contributed by atoms with Crippen LogP contribution in [0.2, 0.25) is 0 Å². The van der Waals surface area contributed by atoms with E-state index >= 15 is 0 Å². The smallest absolute Gasteiger partial charge is 0.387 e. The molecule has 17 heteroatoms. The fourth-order valence-corrected chi connectivity index (χ4v) is 7.08. The van der Waals surface area contributed by atoms with Gasteiger partial charge in [-0.3, -0.25) is 14.2 Å². The molecule has 2 aliphatic heterocycles. The third-order valence-corrected chi connectivity index (χ3v) is 8.55. The Bertz CT molecular complexity index is 698. The third-order valence-electron chi connectivity index (χ3n) is 3.18. The van der Waals surface area contributed by atoms with E-state index in [1.165, 1.54) is 0 Å². The average Bonchev–Trinajstić information content (AvgIpc) is 2.70. The van der Waals surface area contributed by atoms with Crippen molar-refractivity contribution in [3.63, 3.8) is 0 Å². The summed E-state index contributed by atoms with van der Waals surface area (Å²) in [5, 5.41) is 19.9. The predicted molar refractivity (Wildman–Crippen MR) is 79.9 cm³/mol. The second kappa shape index (κ2) is 7.51. The quantitative estimate of drug-likeness (QED) is 0.412. The molecule has 150 valence electrons. The van der Waals surface area contributed by atoms with Crippen LogP contribution in [0.1, 0.15) is 6.92 Å². The summed E-state index contributed by atoms with van der Waals surface area (Å²) in [4.78, 5) is 30.6. The zero-order chi connectivity index (χ0) is 19.9. The number of ether oxygens (including phenoxy) is 1. The average molecular weight is 439 g/mol. The molecule has 1 amide bonds. The van der Waals surface area contributed by atoms with Gasteiger partial charge in [0.25, 0.3) is 0 Å². The van der Waals surface area contributed by atoms with E-state index in [4.69, 9.17) is 14.5 Å². The Hall–Kier alpha value is -0.460. The van der Waals surface area contributed by atoms with Gasteiger partial charge in [-0.25, -0.2) is 13.7 Å². The van der Waals surface area contributed by atoms with E-state index in [0.29, 0.717) is 0 Å². The van der Waals surface area contributed by atoms with Crippen LogP contribution in [0.5, 0.6) is 0 Å². The van der Waals surface area contributed by atoms with E-state index in [1.54, 1.807) is 0 Å². The maximum Gasteiger partial charge on any atom is 0.492 e. The van der Waals surface area contributed by atoms with Crippen molar-refractivity contribution in [1.82, 2.24) is 4.90 Å². The molecule has 2 saturated heterocycles. The Morgan fingerprint density at radius 2 is 1.69 bits per heavy atom. The summed E-state index contributed by atoms with van der Waals surface area (Å²) in [6.07, 6.45) is -4.96. The Kier molecular flexibility index (Phi) is 6.31. The van der Waals surface area contributed by atoms with Crippen LogP contribution in [-0.2, 0) is 40.7 Å². The molecule has 3 unspecified atom stereocenters. The molecule has 4 N–H and O–H groups in total. The summed E-state index contributed by atoms with van der Waals surface area (Å²) in [6.45, 7) is 3.64. The van der Waals surface area contributed by atoms with Gasteiger partial charge in [-0.2, -0.15) is 12.9 Å². The molecule has 0 bridgehead atoms. The first-order chi connectivity index (χ1) is 11.8. The zero-order valence-electron chi connectivity index (χ0n) is 13.1. The molecule has 0 aliphatic carbocycles. The molecule has 2 heterocycles. The van der Waals surface area contributed by atoms with Crippen molar-refractivity contribution < 1.29 is 60.7 Å². The van der Waals surface area contributed by atoms with Crippen LogP contribution in [0.15, 0.2) is 12.8 Å². The molecule has 0 saturated carbocycles. The Labute approximate surface area is 146 Å². The van der Waals surface area contributed by atoms with Gasteiger partial charge in [0.2, 0.25) is 5.91 Å². The molecule has 14 nitrogen and oxygen atoms in total. The summed E-state index contributed by atoms with van der Waals surface area (Å²) < 4.78 is 56.3.